The topological polar surface area (TPSA) is 26.3 Å². The van der Waals surface area contributed by atoms with Crippen LogP contribution in [0.15, 0.2) is 125 Å². The number of esters is 1. The van der Waals surface area contributed by atoms with Gasteiger partial charge >= 0.3 is 12.1 Å². The lowest BCUT2D eigenvalue weighted by Gasteiger charge is -2.07. The summed E-state index contributed by atoms with van der Waals surface area (Å²) in [5, 5.41) is 0. The van der Waals surface area contributed by atoms with Crippen molar-refractivity contribution in [3.63, 3.8) is 0 Å². The number of hydrogen-bond acceptors (Lipinski definition) is 3. The summed E-state index contributed by atoms with van der Waals surface area (Å²) in [7, 11) is 0. The van der Waals surface area contributed by atoms with Gasteiger partial charge in [0.15, 0.2) is 0 Å². The highest BCUT2D eigenvalue weighted by atomic mass is 32.2. The Kier molecular flexibility index (Phi) is 10.1. The average Bonchev–Trinajstić information content (AvgIpc) is 2.82. The molecule has 0 aliphatic rings. The summed E-state index contributed by atoms with van der Waals surface area (Å²) in [4.78, 5) is 12.5. The first-order valence-electron chi connectivity index (χ1n) is 9.64. The fraction of sp³-hybridized carbons (Fsp3) is 0.0385. The largest absolute Gasteiger partial charge is 0.491 e. The third-order valence-electron chi connectivity index (χ3n) is 4.13. The lowest BCUT2D eigenvalue weighted by molar-refractivity contribution is -0.189. The van der Waals surface area contributed by atoms with Crippen molar-refractivity contribution in [1.29, 1.82) is 0 Å². The average molecular weight is 487 g/mol. The third kappa shape index (κ3) is 8.71. The van der Waals surface area contributed by atoms with E-state index in [1.807, 2.05) is 42.5 Å². The number of carbonyl (C=O) groups excluding carboxylic acids is 1. The molecule has 0 bridgehead atoms. The molecule has 4 aromatic rings. The summed E-state index contributed by atoms with van der Waals surface area (Å²) in [6, 6.07) is 36.1. The molecule has 0 N–H and O–H groups in total. The van der Waals surface area contributed by atoms with Crippen LogP contribution >= 0.6 is 25.3 Å². The number of rotatable bonds is 4. The van der Waals surface area contributed by atoms with Crippen molar-refractivity contribution in [3.8, 4) is 16.9 Å². The van der Waals surface area contributed by atoms with Gasteiger partial charge in [-0.25, -0.2) is 4.79 Å². The van der Waals surface area contributed by atoms with Crippen molar-refractivity contribution in [2.75, 3.05) is 0 Å². The fourth-order valence-corrected chi connectivity index (χ4v) is 3.46. The van der Waals surface area contributed by atoms with Gasteiger partial charge in [0.2, 0.25) is 0 Å². The molecular formula is C26H21F3O2S2. The second kappa shape index (κ2) is 12.8. The van der Waals surface area contributed by atoms with E-state index in [0.717, 1.165) is 9.79 Å². The molecule has 0 saturated carbocycles. The number of alkyl halides is 3. The molecule has 33 heavy (non-hydrogen) atoms. The van der Waals surface area contributed by atoms with Gasteiger partial charge in [-0.15, -0.1) is 0 Å². The van der Waals surface area contributed by atoms with Crippen molar-refractivity contribution in [2.45, 2.75) is 16.0 Å². The van der Waals surface area contributed by atoms with E-state index >= 15 is 0 Å². The lowest BCUT2D eigenvalue weighted by atomic mass is 10.1. The van der Waals surface area contributed by atoms with Crippen LogP contribution in [-0.4, -0.2) is 12.1 Å². The SMILES string of the molecule is O=C(Oc1ccc(Sc2ccccc2)cc1)C(F)(F)F.S.c1ccc(-c2ccccc2)cc1. The van der Waals surface area contributed by atoms with Crippen LogP contribution in [0.5, 0.6) is 5.75 Å². The molecule has 170 valence electrons. The van der Waals surface area contributed by atoms with Crippen LogP contribution in [0.4, 0.5) is 13.2 Å². The van der Waals surface area contributed by atoms with E-state index in [0.29, 0.717) is 0 Å². The van der Waals surface area contributed by atoms with Gasteiger partial charge in [-0.1, -0.05) is 90.6 Å². The van der Waals surface area contributed by atoms with Crippen molar-refractivity contribution < 1.29 is 22.7 Å². The molecule has 0 radical (unpaired) electrons. The Morgan fingerprint density at radius 1 is 0.606 bits per heavy atom. The summed E-state index contributed by atoms with van der Waals surface area (Å²) in [5.41, 5.74) is 2.55. The van der Waals surface area contributed by atoms with Crippen LogP contribution in [0.2, 0.25) is 0 Å². The highest BCUT2D eigenvalue weighted by Gasteiger charge is 2.41. The van der Waals surface area contributed by atoms with E-state index in [1.165, 1.54) is 35.0 Å². The monoisotopic (exact) mass is 486 g/mol. The molecule has 0 aromatic heterocycles. The van der Waals surface area contributed by atoms with Crippen LogP contribution in [0.1, 0.15) is 0 Å². The standard InChI is InChI=1S/C14H9F3O2S.C12H10.H2S/c15-14(16,17)13(18)19-10-6-8-12(9-7-10)20-11-4-2-1-3-5-11;1-3-7-11(8-4-1)12-9-5-2-6-10-12;/h1-9H;1-10H;1H2. The molecule has 0 atom stereocenters. The van der Waals surface area contributed by atoms with Gasteiger partial charge in [-0.05, 0) is 47.5 Å². The number of benzene rings is 4. The summed E-state index contributed by atoms with van der Waals surface area (Å²) >= 11 is 1.46. The first-order chi connectivity index (χ1) is 15.4. The predicted molar refractivity (Wildman–Crippen MR) is 131 cm³/mol. The summed E-state index contributed by atoms with van der Waals surface area (Å²) < 4.78 is 40.3. The molecule has 0 fully saturated rings. The lowest BCUT2D eigenvalue weighted by Crippen LogP contribution is -2.27. The van der Waals surface area contributed by atoms with Crippen LogP contribution < -0.4 is 4.74 Å². The van der Waals surface area contributed by atoms with Gasteiger partial charge in [0.05, 0.1) is 0 Å². The van der Waals surface area contributed by atoms with Gasteiger partial charge in [0.1, 0.15) is 5.75 Å². The van der Waals surface area contributed by atoms with Crippen molar-refractivity contribution in [2.24, 2.45) is 0 Å². The van der Waals surface area contributed by atoms with E-state index in [-0.39, 0.29) is 19.2 Å². The quantitative estimate of drug-likeness (QED) is 0.218. The number of carbonyl (C=O) groups is 1. The molecule has 0 heterocycles. The van der Waals surface area contributed by atoms with Crippen LogP contribution in [0.25, 0.3) is 11.1 Å². The number of halogens is 3. The molecule has 0 saturated heterocycles. The smallest absolute Gasteiger partial charge is 0.420 e. The molecule has 7 heteroatoms. The predicted octanol–water partition coefficient (Wildman–Crippen LogP) is 7.77. The van der Waals surface area contributed by atoms with Crippen molar-refractivity contribution in [3.05, 3.63) is 115 Å². The Balaban J connectivity index is 0.000000253. The molecule has 0 aliphatic carbocycles. The van der Waals surface area contributed by atoms with E-state index in [9.17, 15) is 18.0 Å². The van der Waals surface area contributed by atoms with Gasteiger partial charge < -0.3 is 4.74 Å². The molecule has 4 aromatic carbocycles. The van der Waals surface area contributed by atoms with Crippen LogP contribution in [0.3, 0.4) is 0 Å². The zero-order valence-electron chi connectivity index (χ0n) is 17.3. The second-order valence-electron chi connectivity index (χ2n) is 6.51. The van der Waals surface area contributed by atoms with Crippen molar-refractivity contribution >= 4 is 31.2 Å². The fourth-order valence-electron chi connectivity index (χ4n) is 2.63. The minimum atomic E-state index is -4.99. The maximum Gasteiger partial charge on any atom is 0.491 e. The number of hydrogen-bond donors (Lipinski definition) is 0. The highest BCUT2D eigenvalue weighted by molar-refractivity contribution is 7.99. The Morgan fingerprint density at radius 2 is 1.00 bits per heavy atom. The summed E-state index contributed by atoms with van der Waals surface area (Å²) in [6.07, 6.45) is -4.99. The Morgan fingerprint density at radius 3 is 1.42 bits per heavy atom. The maximum atomic E-state index is 12.0. The molecule has 2 nitrogen and oxygen atoms in total. The van der Waals surface area contributed by atoms with E-state index in [4.69, 9.17) is 0 Å². The maximum absolute atomic E-state index is 12.0. The summed E-state index contributed by atoms with van der Waals surface area (Å²) in [5.74, 6) is -2.36. The summed E-state index contributed by atoms with van der Waals surface area (Å²) in [6.45, 7) is 0. The minimum Gasteiger partial charge on any atom is -0.420 e. The first-order valence-corrected chi connectivity index (χ1v) is 10.5. The molecule has 0 amide bonds. The zero-order chi connectivity index (χ0) is 22.8. The molecular weight excluding hydrogens is 465 g/mol. The molecule has 0 aliphatic heterocycles. The molecule has 4 rings (SSSR count). The van der Waals surface area contributed by atoms with Gasteiger partial charge in [-0.2, -0.15) is 26.7 Å². The normalized spacial score (nSPS) is 10.3. The Hall–Kier alpha value is -3.16. The second-order valence-corrected chi connectivity index (χ2v) is 7.65. The molecule has 0 spiro atoms. The van der Waals surface area contributed by atoms with Gasteiger partial charge in [-0.3, -0.25) is 0 Å². The van der Waals surface area contributed by atoms with Crippen molar-refractivity contribution in [1.82, 2.24) is 0 Å². The van der Waals surface area contributed by atoms with E-state index in [2.05, 4.69) is 53.3 Å². The minimum absolute atomic E-state index is 0. The zero-order valence-corrected chi connectivity index (χ0v) is 19.1. The van der Waals surface area contributed by atoms with Crippen LogP contribution in [-0.2, 0) is 4.79 Å². The Bertz CT molecular complexity index is 1070. The third-order valence-corrected chi connectivity index (χ3v) is 5.14. The first kappa shape index (κ1) is 26.1. The van der Waals surface area contributed by atoms with E-state index in [1.54, 1.807) is 12.1 Å². The highest BCUT2D eigenvalue weighted by Crippen LogP contribution is 2.29. The van der Waals surface area contributed by atoms with Gasteiger partial charge in [0.25, 0.3) is 0 Å². The van der Waals surface area contributed by atoms with Gasteiger partial charge in [0, 0.05) is 9.79 Å². The Labute approximate surface area is 201 Å². The number of ether oxygens (including phenoxy) is 1. The van der Waals surface area contributed by atoms with E-state index < -0.39 is 12.1 Å². The molecule has 0 unspecified atom stereocenters. The van der Waals surface area contributed by atoms with Crippen LogP contribution in [0, 0.1) is 0 Å².